The minimum Gasteiger partial charge on any atom is -0.462 e. The summed E-state index contributed by atoms with van der Waals surface area (Å²) in [5.41, 5.74) is 7.73. The van der Waals surface area contributed by atoms with E-state index in [0.29, 0.717) is 23.1 Å². The minimum atomic E-state index is -0.269. The van der Waals surface area contributed by atoms with Crippen molar-refractivity contribution in [2.45, 2.75) is 33.7 Å². The van der Waals surface area contributed by atoms with Gasteiger partial charge in [-0.3, -0.25) is 4.90 Å². The van der Waals surface area contributed by atoms with Gasteiger partial charge in [0.05, 0.1) is 12.2 Å². The zero-order valence-corrected chi connectivity index (χ0v) is 12.7. The van der Waals surface area contributed by atoms with Crippen molar-refractivity contribution in [3.63, 3.8) is 0 Å². The number of ether oxygens (including phenoxy) is 1. The van der Waals surface area contributed by atoms with Crippen LogP contribution in [0.15, 0.2) is 0 Å². The number of hydrogen-bond donors (Lipinski definition) is 1. The van der Waals surface area contributed by atoms with Gasteiger partial charge >= 0.3 is 5.97 Å². The highest BCUT2D eigenvalue weighted by molar-refractivity contribution is 7.16. The maximum atomic E-state index is 11.9. The van der Waals surface area contributed by atoms with E-state index >= 15 is 0 Å². The number of rotatable bonds is 4. The first-order valence-corrected chi connectivity index (χ1v) is 7.64. The van der Waals surface area contributed by atoms with E-state index in [0.717, 1.165) is 31.6 Å². The Morgan fingerprint density at radius 3 is 2.89 bits per heavy atom. The third kappa shape index (κ3) is 3.09. The van der Waals surface area contributed by atoms with Crippen molar-refractivity contribution in [1.82, 2.24) is 4.90 Å². The number of nitrogen functional groups attached to an aromatic ring is 1. The molecule has 0 bridgehead atoms. The van der Waals surface area contributed by atoms with E-state index in [2.05, 4.69) is 18.7 Å². The third-order valence-corrected chi connectivity index (χ3v) is 4.31. The smallest absolute Gasteiger partial charge is 0.341 e. The number of carbonyl (C=O) groups is 1. The number of anilines is 1. The summed E-state index contributed by atoms with van der Waals surface area (Å²) in [5.74, 6) is 0.387. The van der Waals surface area contributed by atoms with Crippen molar-refractivity contribution >= 4 is 22.3 Å². The maximum Gasteiger partial charge on any atom is 0.341 e. The van der Waals surface area contributed by atoms with Crippen molar-refractivity contribution < 1.29 is 9.53 Å². The quantitative estimate of drug-likeness (QED) is 0.862. The molecule has 2 rings (SSSR count). The molecule has 1 aliphatic heterocycles. The predicted molar refractivity (Wildman–Crippen MR) is 78.5 cm³/mol. The molecule has 106 valence electrons. The van der Waals surface area contributed by atoms with Crippen molar-refractivity contribution in [2.75, 3.05) is 25.4 Å². The lowest BCUT2D eigenvalue weighted by Crippen LogP contribution is -2.33. The lowest BCUT2D eigenvalue weighted by molar-refractivity contribution is 0.0526. The highest BCUT2D eigenvalue weighted by atomic mass is 32.1. The molecule has 2 heterocycles. The molecule has 1 aromatic rings. The van der Waals surface area contributed by atoms with E-state index in [1.807, 2.05) is 6.92 Å². The van der Waals surface area contributed by atoms with E-state index in [1.165, 1.54) is 16.2 Å². The number of nitrogens with zero attached hydrogens (tertiary/aromatic N) is 1. The van der Waals surface area contributed by atoms with Gasteiger partial charge in [0.2, 0.25) is 0 Å². The van der Waals surface area contributed by atoms with Crippen LogP contribution in [0.4, 0.5) is 5.00 Å². The Balaban J connectivity index is 2.20. The van der Waals surface area contributed by atoms with Gasteiger partial charge in [0.15, 0.2) is 0 Å². The molecular formula is C14H22N2O2S. The summed E-state index contributed by atoms with van der Waals surface area (Å²) in [6, 6.07) is 0. The lowest BCUT2D eigenvalue weighted by atomic mass is 10.0. The Hall–Kier alpha value is -1.07. The van der Waals surface area contributed by atoms with Crippen molar-refractivity contribution in [3.05, 3.63) is 16.0 Å². The molecule has 0 fully saturated rings. The van der Waals surface area contributed by atoms with E-state index in [-0.39, 0.29) is 5.97 Å². The van der Waals surface area contributed by atoms with E-state index in [9.17, 15) is 4.79 Å². The standard InChI is InChI=1S/C14H22N2O2S/c1-4-18-14(17)12-10-5-6-16(7-9(2)3)8-11(10)19-13(12)15/h9H,4-8,15H2,1-3H3. The Kier molecular flexibility index (Phi) is 4.47. The van der Waals surface area contributed by atoms with E-state index in [4.69, 9.17) is 10.5 Å². The second-order valence-corrected chi connectivity index (χ2v) is 6.48. The monoisotopic (exact) mass is 282 g/mol. The number of nitrogens with two attached hydrogens (primary N) is 1. The first-order chi connectivity index (χ1) is 9.02. The predicted octanol–water partition coefficient (Wildman–Crippen LogP) is 2.52. The first-order valence-electron chi connectivity index (χ1n) is 6.82. The maximum absolute atomic E-state index is 11.9. The fourth-order valence-electron chi connectivity index (χ4n) is 2.58. The Bertz CT molecular complexity index is 468. The van der Waals surface area contributed by atoms with Crippen LogP contribution in [0, 0.1) is 5.92 Å². The molecule has 1 aromatic heterocycles. The second-order valence-electron chi connectivity index (χ2n) is 5.34. The van der Waals surface area contributed by atoms with Gasteiger partial charge in [0, 0.05) is 24.5 Å². The number of carbonyl (C=O) groups excluding carboxylic acids is 1. The molecule has 0 atom stereocenters. The summed E-state index contributed by atoms with van der Waals surface area (Å²) in [4.78, 5) is 15.6. The van der Waals surface area contributed by atoms with E-state index in [1.54, 1.807) is 0 Å². The van der Waals surface area contributed by atoms with E-state index < -0.39 is 0 Å². The molecule has 0 saturated carbocycles. The van der Waals surface area contributed by atoms with Gasteiger partial charge in [-0.1, -0.05) is 13.8 Å². The van der Waals surface area contributed by atoms with Gasteiger partial charge in [-0.25, -0.2) is 4.79 Å². The molecule has 0 spiro atoms. The molecule has 4 nitrogen and oxygen atoms in total. The molecule has 0 saturated heterocycles. The van der Waals surface area contributed by atoms with Crippen LogP contribution < -0.4 is 5.73 Å². The van der Waals surface area contributed by atoms with Gasteiger partial charge in [-0.05, 0) is 24.8 Å². The molecular weight excluding hydrogens is 260 g/mol. The molecule has 0 radical (unpaired) electrons. The normalized spacial score (nSPS) is 15.6. The van der Waals surface area contributed by atoms with Gasteiger partial charge in [0.1, 0.15) is 5.00 Å². The number of hydrogen-bond acceptors (Lipinski definition) is 5. The van der Waals surface area contributed by atoms with Gasteiger partial charge in [-0.15, -0.1) is 11.3 Å². The molecule has 0 aliphatic carbocycles. The molecule has 5 heteroatoms. The average Bonchev–Trinajstić information content (AvgIpc) is 2.63. The summed E-state index contributed by atoms with van der Waals surface area (Å²) in [7, 11) is 0. The molecule has 0 aromatic carbocycles. The van der Waals surface area contributed by atoms with Gasteiger partial charge in [0.25, 0.3) is 0 Å². The van der Waals surface area contributed by atoms with Crippen LogP contribution in [0.25, 0.3) is 0 Å². The first kappa shape index (κ1) is 14.3. The number of fused-ring (bicyclic) bond motifs is 1. The van der Waals surface area contributed by atoms with Crippen LogP contribution in [-0.2, 0) is 17.7 Å². The van der Waals surface area contributed by atoms with Gasteiger partial charge < -0.3 is 10.5 Å². The van der Waals surface area contributed by atoms with Crippen molar-refractivity contribution in [2.24, 2.45) is 5.92 Å². The summed E-state index contributed by atoms with van der Waals surface area (Å²) in [6.07, 6.45) is 0.893. The highest BCUT2D eigenvalue weighted by Crippen LogP contribution is 2.35. The zero-order valence-electron chi connectivity index (χ0n) is 11.9. The fraction of sp³-hybridized carbons (Fsp3) is 0.643. The third-order valence-electron chi connectivity index (χ3n) is 3.27. The van der Waals surface area contributed by atoms with Crippen LogP contribution in [0.1, 0.15) is 41.6 Å². The zero-order chi connectivity index (χ0) is 14.0. The van der Waals surface area contributed by atoms with Crippen LogP contribution in [0.5, 0.6) is 0 Å². The largest absolute Gasteiger partial charge is 0.462 e. The Labute approximate surface area is 118 Å². The second kappa shape index (κ2) is 5.92. The SMILES string of the molecule is CCOC(=O)c1c(N)sc2c1CCN(CC(C)C)C2. The molecule has 0 unspecified atom stereocenters. The summed E-state index contributed by atoms with van der Waals surface area (Å²) in [6.45, 7) is 9.64. The molecule has 1 aliphatic rings. The van der Waals surface area contributed by atoms with Crippen LogP contribution in [0.2, 0.25) is 0 Å². The summed E-state index contributed by atoms with van der Waals surface area (Å²) >= 11 is 1.54. The lowest BCUT2D eigenvalue weighted by Gasteiger charge is -2.28. The van der Waals surface area contributed by atoms with Gasteiger partial charge in [-0.2, -0.15) is 0 Å². The Morgan fingerprint density at radius 2 is 2.26 bits per heavy atom. The minimum absolute atomic E-state index is 0.269. The summed E-state index contributed by atoms with van der Waals surface area (Å²) < 4.78 is 5.10. The van der Waals surface area contributed by atoms with Crippen LogP contribution >= 0.6 is 11.3 Å². The molecule has 2 N–H and O–H groups in total. The summed E-state index contributed by atoms with van der Waals surface area (Å²) in [5, 5.41) is 0.606. The highest BCUT2D eigenvalue weighted by Gasteiger charge is 2.27. The van der Waals surface area contributed by atoms with Crippen molar-refractivity contribution in [3.8, 4) is 0 Å². The Morgan fingerprint density at radius 1 is 1.53 bits per heavy atom. The number of thiophene rings is 1. The van der Waals surface area contributed by atoms with Crippen molar-refractivity contribution in [1.29, 1.82) is 0 Å². The molecule has 0 amide bonds. The average molecular weight is 282 g/mol. The van der Waals surface area contributed by atoms with Crippen LogP contribution in [-0.4, -0.2) is 30.6 Å². The molecule has 19 heavy (non-hydrogen) atoms. The topological polar surface area (TPSA) is 55.6 Å². The number of esters is 1. The fourth-order valence-corrected chi connectivity index (χ4v) is 3.73. The van der Waals surface area contributed by atoms with Crippen LogP contribution in [0.3, 0.4) is 0 Å².